The predicted molar refractivity (Wildman–Crippen MR) is 135 cm³/mol. The van der Waals surface area contributed by atoms with Crippen molar-refractivity contribution in [3.8, 4) is 0 Å². The number of rotatable bonds is 7. The van der Waals surface area contributed by atoms with E-state index >= 15 is 0 Å². The third kappa shape index (κ3) is 4.48. The summed E-state index contributed by atoms with van der Waals surface area (Å²) in [5, 5.41) is 8.12. The van der Waals surface area contributed by atoms with Crippen LogP contribution < -0.4 is 16.6 Å². The average molecular weight is 488 g/mol. The molecule has 8 nitrogen and oxygen atoms in total. The van der Waals surface area contributed by atoms with Gasteiger partial charge in [-0.3, -0.25) is 14.2 Å². The third-order valence-electron chi connectivity index (χ3n) is 5.88. The van der Waals surface area contributed by atoms with Crippen LogP contribution in [0.4, 0.5) is 0 Å². The summed E-state index contributed by atoms with van der Waals surface area (Å²) in [6, 6.07) is 23.9. The molecule has 35 heavy (non-hydrogen) atoms. The highest BCUT2D eigenvalue weighted by Crippen LogP contribution is 2.14. The van der Waals surface area contributed by atoms with Gasteiger partial charge in [-0.05, 0) is 35.7 Å². The highest BCUT2D eigenvalue weighted by atomic mass is 35.5. The van der Waals surface area contributed by atoms with E-state index in [9.17, 15) is 14.4 Å². The fourth-order valence-corrected chi connectivity index (χ4v) is 4.29. The SMILES string of the molecule is O=C(Cn1nc2n(CCc3ccccc3)c(=O)c3ccccc3n2c1=O)NCc1ccccc1Cl. The normalized spacial score (nSPS) is 11.2. The zero-order valence-electron chi connectivity index (χ0n) is 18.7. The molecule has 0 aliphatic heterocycles. The van der Waals surface area contributed by atoms with Gasteiger partial charge in [-0.2, -0.15) is 0 Å². The smallest absolute Gasteiger partial charge is 0.350 e. The predicted octanol–water partition coefficient (Wildman–Crippen LogP) is 3.02. The number of hydrogen-bond donors (Lipinski definition) is 1. The lowest BCUT2D eigenvalue weighted by Crippen LogP contribution is -2.32. The fraction of sp³-hybridized carbons (Fsp3) is 0.154. The van der Waals surface area contributed by atoms with Gasteiger partial charge in [0.05, 0.1) is 10.9 Å². The first-order chi connectivity index (χ1) is 17.0. The Balaban J connectivity index is 1.50. The number of hydrogen-bond acceptors (Lipinski definition) is 4. The zero-order chi connectivity index (χ0) is 24.4. The summed E-state index contributed by atoms with van der Waals surface area (Å²) in [6.07, 6.45) is 0.591. The first kappa shape index (κ1) is 22.6. The van der Waals surface area contributed by atoms with Crippen molar-refractivity contribution in [2.75, 3.05) is 0 Å². The third-order valence-corrected chi connectivity index (χ3v) is 6.25. The van der Waals surface area contributed by atoms with E-state index in [-0.39, 0.29) is 24.4 Å². The maximum atomic E-state index is 13.3. The first-order valence-electron chi connectivity index (χ1n) is 11.2. The van der Waals surface area contributed by atoms with Gasteiger partial charge in [-0.25, -0.2) is 13.9 Å². The molecular formula is C26H22ClN5O3. The van der Waals surface area contributed by atoms with Crippen molar-refractivity contribution in [1.82, 2.24) is 24.1 Å². The van der Waals surface area contributed by atoms with Crippen molar-refractivity contribution in [3.63, 3.8) is 0 Å². The summed E-state index contributed by atoms with van der Waals surface area (Å²) in [6.45, 7) is 0.282. The highest BCUT2D eigenvalue weighted by Gasteiger charge is 2.18. The molecule has 5 rings (SSSR count). The van der Waals surface area contributed by atoms with Crippen LogP contribution in [0.3, 0.4) is 0 Å². The highest BCUT2D eigenvalue weighted by molar-refractivity contribution is 6.31. The van der Waals surface area contributed by atoms with Crippen molar-refractivity contribution >= 4 is 34.2 Å². The zero-order valence-corrected chi connectivity index (χ0v) is 19.5. The summed E-state index contributed by atoms with van der Waals surface area (Å²) in [5.41, 5.74) is 1.56. The molecule has 0 unspecified atom stereocenters. The molecule has 9 heteroatoms. The monoisotopic (exact) mass is 487 g/mol. The Morgan fingerprint density at radius 2 is 1.63 bits per heavy atom. The van der Waals surface area contributed by atoms with E-state index in [4.69, 9.17) is 11.6 Å². The van der Waals surface area contributed by atoms with E-state index in [1.165, 1.54) is 8.97 Å². The minimum Gasteiger partial charge on any atom is -0.350 e. The molecule has 176 valence electrons. The Morgan fingerprint density at radius 3 is 2.43 bits per heavy atom. The molecule has 0 fully saturated rings. The Bertz CT molecular complexity index is 1650. The Labute approximate surface area is 205 Å². The number of halogens is 1. The number of amides is 1. The van der Waals surface area contributed by atoms with Crippen LogP contribution >= 0.6 is 11.6 Å². The molecule has 1 N–H and O–H groups in total. The topological polar surface area (TPSA) is 90.4 Å². The van der Waals surface area contributed by atoms with E-state index in [1.807, 2.05) is 48.5 Å². The van der Waals surface area contributed by atoms with Gasteiger partial charge in [0.2, 0.25) is 11.7 Å². The number of nitrogens with one attached hydrogen (secondary N) is 1. The van der Waals surface area contributed by atoms with Crippen LogP contribution in [0.15, 0.2) is 88.5 Å². The van der Waals surface area contributed by atoms with E-state index in [0.717, 1.165) is 15.8 Å². The minimum atomic E-state index is -0.488. The molecule has 1 amide bonds. The van der Waals surface area contributed by atoms with Crippen molar-refractivity contribution < 1.29 is 4.79 Å². The van der Waals surface area contributed by atoms with Gasteiger partial charge in [-0.1, -0.05) is 72.3 Å². The maximum Gasteiger partial charge on any atom is 0.352 e. The second kappa shape index (κ2) is 9.60. The molecule has 0 spiro atoms. The number of fused-ring (bicyclic) bond motifs is 3. The maximum absolute atomic E-state index is 13.3. The number of carbonyl (C=O) groups is 1. The van der Waals surface area contributed by atoms with E-state index in [0.29, 0.717) is 28.9 Å². The second-order valence-electron chi connectivity index (χ2n) is 8.15. The van der Waals surface area contributed by atoms with E-state index < -0.39 is 11.6 Å². The molecule has 0 bridgehead atoms. The van der Waals surface area contributed by atoms with Crippen LogP contribution in [-0.2, 0) is 30.8 Å². The molecule has 0 saturated carbocycles. The molecule has 3 aromatic carbocycles. The fourth-order valence-electron chi connectivity index (χ4n) is 4.09. The Hall–Kier alpha value is -4.17. The lowest BCUT2D eigenvalue weighted by molar-refractivity contribution is -0.122. The van der Waals surface area contributed by atoms with Gasteiger partial charge < -0.3 is 5.32 Å². The Morgan fingerprint density at radius 1 is 0.914 bits per heavy atom. The minimum absolute atomic E-state index is 0.202. The van der Waals surface area contributed by atoms with Crippen molar-refractivity contribution in [2.24, 2.45) is 0 Å². The van der Waals surface area contributed by atoms with Crippen LogP contribution in [0.25, 0.3) is 16.7 Å². The summed E-state index contributed by atoms with van der Waals surface area (Å²) >= 11 is 6.15. The van der Waals surface area contributed by atoms with Crippen molar-refractivity contribution in [2.45, 2.75) is 26.1 Å². The van der Waals surface area contributed by atoms with Gasteiger partial charge in [0.1, 0.15) is 6.54 Å². The number of aromatic nitrogens is 4. The van der Waals surface area contributed by atoms with Gasteiger partial charge in [-0.15, -0.1) is 5.10 Å². The summed E-state index contributed by atoms with van der Waals surface area (Å²) in [4.78, 5) is 39.2. The van der Waals surface area contributed by atoms with Crippen LogP contribution in [-0.4, -0.2) is 24.7 Å². The van der Waals surface area contributed by atoms with E-state index in [1.54, 1.807) is 30.3 Å². The average Bonchev–Trinajstić information content (AvgIpc) is 3.19. The van der Waals surface area contributed by atoms with E-state index in [2.05, 4.69) is 10.4 Å². The summed E-state index contributed by atoms with van der Waals surface area (Å²) in [7, 11) is 0. The lowest BCUT2D eigenvalue weighted by atomic mass is 10.1. The molecule has 0 radical (unpaired) electrons. The summed E-state index contributed by atoms with van der Waals surface area (Å²) in [5.74, 6) is -0.188. The standard InChI is InChI=1S/C26H22ClN5O3/c27-21-12-6-4-10-19(21)16-28-23(33)17-31-26(35)32-22-13-7-5-11-20(22)24(34)30(25(32)29-31)15-14-18-8-2-1-3-9-18/h1-13H,14-17H2,(H,28,33). The molecular weight excluding hydrogens is 466 g/mol. The van der Waals surface area contributed by atoms with Gasteiger partial charge >= 0.3 is 5.69 Å². The first-order valence-corrected chi connectivity index (χ1v) is 11.6. The number of nitrogens with zero attached hydrogens (tertiary/aromatic N) is 4. The van der Waals surface area contributed by atoms with Gasteiger partial charge in [0, 0.05) is 18.1 Å². The number of benzene rings is 3. The van der Waals surface area contributed by atoms with Crippen molar-refractivity contribution in [3.05, 3.63) is 116 Å². The molecule has 0 atom stereocenters. The molecule has 0 saturated heterocycles. The molecule has 2 aromatic heterocycles. The van der Waals surface area contributed by atoms with Crippen molar-refractivity contribution in [1.29, 1.82) is 0 Å². The second-order valence-corrected chi connectivity index (χ2v) is 8.56. The largest absolute Gasteiger partial charge is 0.352 e. The molecule has 0 aliphatic rings. The molecule has 0 aliphatic carbocycles. The number of carbonyl (C=O) groups excluding carboxylic acids is 1. The van der Waals surface area contributed by atoms with Crippen LogP contribution in [0.5, 0.6) is 0 Å². The van der Waals surface area contributed by atoms with Gasteiger partial charge in [0.15, 0.2) is 0 Å². The quantitative estimate of drug-likeness (QED) is 0.382. The molecule has 2 heterocycles. The van der Waals surface area contributed by atoms with Crippen LogP contribution in [0, 0.1) is 0 Å². The lowest BCUT2D eigenvalue weighted by Gasteiger charge is -2.09. The summed E-state index contributed by atoms with van der Waals surface area (Å²) < 4.78 is 3.97. The number of aryl methyl sites for hydroxylation is 2. The molecule has 5 aromatic rings. The van der Waals surface area contributed by atoms with Crippen LogP contribution in [0.1, 0.15) is 11.1 Å². The number of para-hydroxylation sites is 1. The Kier molecular flexibility index (Phi) is 6.20. The van der Waals surface area contributed by atoms with Crippen LogP contribution in [0.2, 0.25) is 5.02 Å². The van der Waals surface area contributed by atoms with Gasteiger partial charge in [0.25, 0.3) is 5.56 Å².